The third-order valence-corrected chi connectivity index (χ3v) is 6.64. The molecular weight excluding hydrogens is 404 g/mol. The molecule has 0 N–H and O–H groups in total. The van der Waals surface area contributed by atoms with Crippen LogP contribution in [0.25, 0.3) is 21.5 Å². The molecule has 0 bridgehead atoms. The highest BCUT2D eigenvalue weighted by atomic mass is 15.3. The highest BCUT2D eigenvalue weighted by molar-refractivity contribution is 5.93. The van der Waals surface area contributed by atoms with E-state index in [1.54, 1.807) is 0 Å². The molecule has 4 nitrogen and oxygen atoms in total. The minimum absolute atomic E-state index is 0.796. The predicted octanol–water partition coefficient (Wildman–Crippen LogP) is 5.70. The zero-order valence-electron chi connectivity index (χ0n) is 18.6. The van der Waals surface area contributed by atoms with Crippen molar-refractivity contribution in [3.63, 3.8) is 0 Å². The molecule has 0 radical (unpaired) electrons. The molecule has 1 fully saturated rings. The molecule has 162 valence electrons. The van der Waals surface area contributed by atoms with Crippen LogP contribution < -0.4 is 9.80 Å². The Morgan fingerprint density at radius 3 is 2.06 bits per heavy atom. The number of nitrogens with zero attached hydrogens (tertiary/aromatic N) is 4. The molecule has 0 aliphatic carbocycles. The van der Waals surface area contributed by atoms with Gasteiger partial charge in [-0.1, -0.05) is 84.9 Å². The van der Waals surface area contributed by atoms with Gasteiger partial charge in [0, 0.05) is 49.1 Å². The highest BCUT2D eigenvalue weighted by Gasteiger charge is 2.21. The number of anilines is 2. The maximum absolute atomic E-state index is 4.72. The van der Waals surface area contributed by atoms with Gasteiger partial charge in [0.2, 0.25) is 0 Å². The molecule has 0 atom stereocenters. The first-order valence-corrected chi connectivity index (χ1v) is 11.6. The Morgan fingerprint density at radius 1 is 0.576 bits per heavy atom. The SMILES string of the molecule is c1ccc(Cc2nnc(N3CCN(c4ccc5ccccc5c4)CC3)c3ccccc23)cc1. The van der Waals surface area contributed by atoms with E-state index < -0.39 is 0 Å². The fourth-order valence-corrected chi connectivity index (χ4v) is 4.85. The Bertz CT molecular complexity index is 1410. The lowest BCUT2D eigenvalue weighted by atomic mass is 10.0. The summed E-state index contributed by atoms with van der Waals surface area (Å²) in [5.74, 6) is 1.00. The van der Waals surface area contributed by atoms with Crippen LogP contribution >= 0.6 is 0 Å². The van der Waals surface area contributed by atoms with Crippen molar-refractivity contribution < 1.29 is 0 Å². The molecule has 0 spiro atoms. The average Bonchev–Trinajstić information content (AvgIpc) is 2.89. The van der Waals surface area contributed by atoms with E-state index in [0.29, 0.717) is 0 Å². The Kier molecular flexibility index (Phi) is 5.11. The summed E-state index contributed by atoms with van der Waals surface area (Å²) in [6, 6.07) is 34.4. The van der Waals surface area contributed by atoms with Gasteiger partial charge in [-0.25, -0.2) is 0 Å². The topological polar surface area (TPSA) is 32.3 Å². The smallest absolute Gasteiger partial charge is 0.159 e. The zero-order valence-corrected chi connectivity index (χ0v) is 18.6. The molecule has 1 aromatic heterocycles. The van der Waals surface area contributed by atoms with Crippen molar-refractivity contribution in [1.82, 2.24) is 10.2 Å². The van der Waals surface area contributed by atoms with Crippen LogP contribution in [0.2, 0.25) is 0 Å². The summed E-state index contributed by atoms with van der Waals surface area (Å²) in [6.45, 7) is 3.81. The molecule has 1 aliphatic rings. The summed E-state index contributed by atoms with van der Waals surface area (Å²) in [6.07, 6.45) is 0.796. The van der Waals surface area contributed by atoms with Crippen LogP contribution in [-0.4, -0.2) is 36.4 Å². The van der Waals surface area contributed by atoms with Gasteiger partial charge in [-0.05, 0) is 28.5 Å². The summed E-state index contributed by atoms with van der Waals surface area (Å²) in [4.78, 5) is 4.86. The molecule has 4 aromatic carbocycles. The first kappa shape index (κ1) is 19.7. The lowest BCUT2D eigenvalue weighted by Gasteiger charge is -2.37. The number of hydrogen-bond acceptors (Lipinski definition) is 4. The van der Waals surface area contributed by atoms with Crippen LogP contribution in [0, 0.1) is 0 Å². The fraction of sp³-hybridized carbons (Fsp3) is 0.172. The summed E-state index contributed by atoms with van der Waals surface area (Å²) in [5, 5.41) is 14.4. The van der Waals surface area contributed by atoms with Gasteiger partial charge in [0.1, 0.15) is 0 Å². The monoisotopic (exact) mass is 430 g/mol. The second-order valence-corrected chi connectivity index (χ2v) is 8.68. The van der Waals surface area contributed by atoms with Gasteiger partial charge in [0.05, 0.1) is 5.69 Å². The van der Waals surface area contributed by atoms with Crippen molar-refractivity contribution in [3.05, 3.63) is 108 Å². The van der Waals surface area contributed by atoms with Crippen molar-refractivity contribution in [1.29, 1.82) is 0 Å². The van der Waals surface area contributed by atoms with E-state index in [1.165, 1.54) is 32.8 Å². The maximum atomic E-state index is 4.72. The van der Waals surface area contributed by atoms with Gasteiger partial charge >= 0.3 is 0 Å². The Hall–Kier alpha value is -3.92. The standard InChI is InChI=1S/C29H26N4/c1-2-8-22(9-3-1)20-28-26-12-6-7-13-27(26)29(31-30-28)33-18-16-32(17-19-33)25-15-14-23-10-4-5-11-24(23)21-25/h1-15,21H,16-20H2. The number of fused-ring (bicyclic) bond motifs is 2. The second-order valence-electron chi connectivity index (χ2n) is 8.68. The van der Waals surface area contributed by atoms with E-state index in [1.807, 2.05) is 6.07 Å². The molecule has 1 aliphatic heterocycles. The molecule has 33 heavy (non-hydrogen) atoms. The number of hydrogen-bond donors (Lipinski definition) is 0. The van der Waals surface area contributed by atoms with Crippen molar-refractivity contribution in [2.75, 3.05) is 36.0 Å². The molecule has 6 rings (SSSR count). The van der Waals surface area contributed by atoms with E-state index in [2.05, 4.69) is 106 Å². The predicted molar refractivity (Wildman–Crippen MR) is 137 cm³/mol. The first-order chi connectivity index (χ1) is 16.3. The van der Waals surface area contributed by atoms with Gasteiger partial charge < -0.3 is 9.80 Å². The number of rotatable bonds is 4. The van der Waals surface area contributed by atoms with Crippen LogP contribution in [0.15, 0.2) is 97.1 Å². The van der Waals surface area contributed by atoms with Crippen molar-refractivity contribution in [2.45, 2.75) is 6.42 Å². The van der Waals surface area contributed by atoms with E-state index in [4.69, 9.17) is 5.10 Å². The third-order valence-electron chi connectivity index (χ3n) is 6.64. The molecule has 1 saturated heterocycles. The molecule has 0 amide bonds. The first-order valence-electron chi connectivity index (χ1n) is 11.6. The molecule has 4 heteroatoms. The number of piperazine rings is 1. The third kappa shape index (κ3) is 3.89. The zero-order chi connectivity index (χ0) is 22.0. The van der Waals surface area contributed by atoms with E-state index in [0.717, 1.165) is 44.1 Å². The molecule has 5 aromatic rings. The van der Waals surface area contributed by atoms with Crippen LogP contribution in [0.5, 0.6) is 0 Å². The fourth-order valence-electron chi connectivity index (χ4n) is 4.85. The molecular formula is C29H26N4. The van der Waals surface area contributed by atoms with Gasteiger partial charge in [0.15, 0.2) is 5.82 Å². The quantitative estimate of drug-likeness (QED) is 0.366. The van der Waals surface area contributed by atoms with Crippen molar-refractivity contribution in [3.8, 4) is 0 Å². The number of benzene rings is 4. The van der Waals surface area contributed by atoms with Crippen LogP contribution in [0.4, 0.5) is 11.5 Å². The minimum Gasteiger partial charge on any atom is -0.368 e. The van der Waals surface area contributed by atoms with Crippen LogP contribution in [0.1, 0.15) is 11.3 Å². The molecule has 2 heterocycles. The average molecular weight is 431 g/mol. The molecule has 0 saturated carbocycles. The maximum Gasteiger partial charge on any atom is 0.159 e. The summed E-state index contributed by atoms with van der Waals surface area (Å²) in [5.41, 5.74) is 3.59. The van der Waals surface area contributed by atoms with Crippen molar-refractivity contribution in [2.24, 2.45) is 0 Å². The van der Waals surface area contributed by atoms with Crippen LogP contribution in [0.3, 0.4) is 0 Å². The molecule has 0 unspecified atom stereocenters. The van der Waals surface area contributed by atoms with Gasteiger partial charge in [-0.15, -0.1) is 5.10 Å². The van der Waals surface area contributed by atoms with Gasteiger partial charge in [-0.3, -0.25) is 0 Å². The second kappa shape index (κ2) is 8.55. The largest absolute Gasteiger partial charge is 0.368 e. The van der Waals surface area contributed by atoms with Crippen LogP contribution in [-0.2, 0) is 6.42 Å². The summed E-state index contributed by atoms with van der Waals surface area (Å²) < 4.78 is 0. The lowest BCUT2D eigenvalue weighted by molar-refractivity contribution is 0.645. The van der Waals surface area contributed by atoms with E-state index in [-0.39, 0.29) is 0 Å². The minimum atomic E-state index is 0.796. The Labute approximate surface area is 194 Å². The van der Waals surface area contributed by atoms with Crippen molar-refractivity contribution >= 4 is 33.1 Å². The summed E-state index contributed by atoms with van der Waals surface area (Å²) in [7, 11) is 0. The van der Waals surface area contributed by atoms with E-state index >= 15 is 0 Å². The Morgan fingerprint density at radius 2 is 1.24 bits per heavy atom. The highest BCUT2D eigenvalue weighted by Crippen LogP contribution is 2.29. The normalized spacial score (nSPS) is 14.2. The van der Waals surface area contributed by atoms with E-state index in [9.17, 15) is 0 Å². The number of aromatic nitrogens is 2. The lowest BCUT2D eigenvalue weighted by Crippen LogP contribution is -2.47. The summed E-state index contributed by atoms with van der Waals surface area (Å²) >= 11 is 0. The van der Waals surface area contributed by atoms with Gasteiger partial charge in [0.25, 0.3) is 0 Å². The Balaban J connectivity index is 1.24. The van der Waals surface area contributed by atoms with Gasteiger partial charge in [-0.2, -0.15) is 5.10 Å².